The normalized spacial score (nSPS) is 19.2. The molecular weight excluding hydrogens is 294 g/mol. The van der Waals surface area contributed by atoms with Crippen LogP contribution in [0.2, 0.25) is 0 Å². The molecule has 1 unspecified atom stereocenters. The standard InChI is InChI=1S/C18H25NO4/c1-3-13(2)15-8-4-5-9-16(15)23-12-17(20)19-10-6-7-14(11-19)18(21)22/h4-5,8-9,13-14H,3,6-7,10-12H2,1-2H3,(H,21,22)/t13?,14-/m0/s1. The molecule has 1 heterocycles. The summed E-state index contributed by atoms with van der Waals surface area (Å²) in [6.45, 7) is 5.10. The van der Waals surface area contributed by atoms with Crippen molar-refractivity contribution in [1.29, 1.82) is 0 Å². The Kier molecular flexibility index (Phi) is 6.02. The fourth-order valence-corrected chi connectivity index (χ4v) is 2.88. The van der Waals surface area contributed by atoms with E-state index < -0.39 is 11.9 Å². The number of carbonyl (C=O) groups is 2. The zero-order valence-electron chi connectivity index (χ0n) is 13.8. The molecule has 0 radical (unpaired) electrons. The molecule has 2 rings (SSSR count). The molecule has 1 amide bonds. The summed E-state index contributed by atoms with van der Waals surface area (Å²) in [5, 5.41) is 9.10. The minimum absolute atomic E-state index is 0.0419. The van der Waals surface area contributed by atoms with Gasteiger partial charge in [0.2, 0.25) is 0 Å². The lowest BCUT2D eigenvalue weighted by molar-refractivity contribution is -0.146. The van der Waals surface area contributed by atoms with Gasteiger partial charge in [0.05, 0.1) is 5.92 Å². The number of carboxylic acid groups (broad SMARTS) is 1. The van der Waals surface area contributed by atoms with Crippen molar-refractivity contribution in [2.75, 3.05) is 19.7 Å². The molecule has 1 aliphatic heterocycles. The maximum Gasteiger partial charge on any atom is 0.308 e. The summed E-state index contributed by atoms with van der Waals surface area (Å²) in [6.07, 6.45) is 2.36. The van der Waals surface area contributed by atoms with Gasteiger partial charge in [0.15, 0.2) is 6.61 Å². The van der Waals surface area contributed by atoms with Crippen LogP contribution in [-0.4, -0.2) is 41.6 Å². The zero-order valence-corrected chi connectivity index (χ0v) is 13.8. The van der Waals surface area contributed by atoms with E-state index in [0.29, 0.717) is 18.9 Å². The summed E-state index contributed by atoms with van der Waals surface area (Å²) in [5.74, 6) is -0.324. The number of hydrogen-bond donors (Lipinski definition) is 1. The Balaban J connectivity index is 1.96. The summed E-state index contributed by atoms with van der Waals surface area (Å²) < 4.78 is 5.73. The number of amides is 1. The number of aliphatic carboxylic acids is 1. The van der Waals surface area contributed by atoms with Gasteiger partial charge in [-0.25, -0.2) is 0 Å². The SMILES string of the molecule is CCC(C)c1ccccc1OCC(=O)N1CCC[C@H](C(=O)O)C1. The van der Waals surface area contributed by atoms with Crippen LogP contribution in [0.25, 0.3) is 0 Å². The van der Waals surface area contributed by atoms with Crippen LogP contribution in [-0.2, 0) is 9.59 Å². The maximum atomic E-state index is 12.3. The highest BCUT2D eigenvalue weighted by Crippen LogP contribution is 2.28. The second-order valence-corrected chi connectivity index (χ2v) is 6.15. The Morgan fingerprint density at radius 2 is 2.13 bits per heavy atom. The van der Waals surface area contributed by atoms with Gasteiger partial charge in [0.1, 0.15) is 5.75 Å². The van der Waals surface area contributed by atoms with Crippen molar-refractivity contribution < 1.29 is 19.4 Å². The molecule has 1 N–H and O–H groups in total. The first-order valence-electron chi connectivity index (χ1n) is 8.25. The number of rotatable bonds is 6. The quantitative estimate of drug-likeness (QED) is 0.875. The number of para-hydroxylation sites is 1. The molecule has 1 aliphatic rings. The van der Waals surface area contributed by atoms with Crippen LogP contribution < -0.4 is 4.74 Å². The molecule has 0 spiro atoms. The van der Waals surface area contributed by atoms with E-state index in [0.717, 1.165) is 24.2 Å². The number of likely N-dealkylation sites (tertiary alicyclic amines) is 1. The molecule has 1 fully saturated rings. The summed E-state index contributed by atoms with van der Waals surface area (Å²) in [4.78, 5) is 25.0. The highest BCUT2D eigenvalue weighted by molar-refractivity contribution is 5.79. The van der Waals surface area contributed by atoms with Crippen LogP contribution in [0.1, 0.15) is 44.6 Å². The second kappa shape index (κ2) is 7.99. The second-order valence-electron chi connectivity index (χ2n) is 6.15. The van der Waals surface area contributed by atoms with Gasteiger partial charge >= 0.3 is 5.97 Å². The molecule has 1 aromatic carbocycles. The van der Waals surface area contributed by atoms with Crippen molar-refractivity contribution >= 4 is 11.9 Å². The van der Waals surface area contributed by atoms with Gasteiger partial charge in [0, 0.05) is 13.1 Å². The Bertz CT molecular complexity index is 558. The Morgan fingerprint density at radius 3 is 2.83 bits per heavy atom. The minimum Gasteiger partial charge on any atom is -0.483 e. The molecule has 1 aromatic rings. The maximum absolute atomic E-state index is 12.3. The number of carboxylic acids is 1. The van der Waals surface area contributed by atoms with Crippen LogP contribution in [0.4, 0.5) is 0 Å². The average molecular weight is 319 g/mol. The summed E-state index contributed by atoms with van der Waals surface area (Å²) >= 11 is 0. The van der Waals surface area contributed by atoms with E-state index in [4.69, 9.17) is 9.84 Å². The van der Waals surface area contributed by atoms with Crippen molar-refractivity contribution in [3.63, 3.8) is 0 Å². The smallest absolute Gasteiger partial charge is 0.308 e. The molecule has 0 saturated carbocycles. The number of nitrogens with zero attached hydrogens (tertiary/aromatic N) is 1. The highest BCUT2D eigenvalue weighted by atomic mass is 16.5. The van der Waals surface area contributed by atoms with Gasteiger partial charge in [-0.15, -0.1) is 0 Å². The number of benzene rings is 1. The monoisotopic (exact) mass is 319 g/mol. The molecule has 0 aliphatic carbocycles. The topological polar surface area (TPSA) is 66.8 Å². The zero-order chi connectivity index (χ0) is 16.8. The number of piperidine rings is 1. The lowest BCUT2D eigenvalue weighted by Gasteiger charge is -2.30. The lowest BCUT2D eigenvalue weighted by Crippen LogP contribution is -2.44. The first-order valence-corrected chi connectivity index (χ1v) is 8.25. The third kappa shape index (κ3) is 4.47. The third-order valence-electron chi connectivity index (χ3n) is 4.54. The number of hydrogen-bond acceptors (Lipinski definition) is 3. The van der Waals surface area contributed by atoms with E-state index in [2.05, 4.69) is 13.8 Å². The molecular formula is C18H25NO4. The van der Waals surface area contributed by atoms with Crippen LogP contribution in [0.5, 0.6) is 5.75 Å². The van der Waals surface area contributed by atoms with Gasteiger partial charge in [0.25, 0.3) is 5.91 Å². The van der Waals surface area contributed by atoms with Gasteiger partial charge in [-0.2, -0.15) is 0 Å². The fourth-order valence-electron chi connectivity index (χ4n) is 2.88. The predicted octanol–water partition coefficient (Wildman–Crippen LogP) is 2.90. The largest absolute Gasteiger partial charge is 0.483 e. The first kappa shape index (κ1) is 17.3. The summed E-state index contributed by atoms with van der Waals surface area (Å²) in [7, 11) is 0. The Morgan fingerprint density at radius 1 is 1.39 bits per heavy atom. The van der Waals surface area contributed by atoms with Crippen LogP contribution in [0, 0.1) is 5.92 Å². The van der Waals surface area contributed by atoms with Crippen molar-refractivity contribution in [3.8, 4) is 5.75 Å². The van der Waals surface area contributed by atoms with Gasteiger partial charge in [-0.1, -0.05) is 32.0 Å². The number of ether oxygens (including phenoxy) is 1. The van der Waals surface area contributed by atoms with Crippen molar-refractivity contribution in [2.24, 2.45) is 5.92 Å². The van der Waals surface area contributed by atoms with Crippen LogP contribution in [0.15, 0.2) is 24.3 Å². The van der Waals surface area contributed by atoms with Gasteiger partial charge in [-0.05, 0) is 36.8 Å². The number of carbonyl (C=O) groups excluding carboxylic acids is 1. The van der Waals surface area contributed by atoms with Gasteiger partial charge in [-0.3, -0.25) is 9.59 Å². The van der Waals surface area contributed by atoms with Crippen molar-refractivity contribution in [1.82, 2.24) is 4.90 Å². The molecule has 1 saturated heterocycles. The Labute approximate surface area is 137 Å². The van der Waals surface area contributed by atoms with E-state index in [1.807, 2.05) is 24.3 Å². The van der Waals surface area contributed by atoms with E-state index >= 15 is 0 Å². The van der Waals surface area contributed by atoms with E-state index in [1.54, 1.807) is 4.90 Å². The lowest BCUT2D eigenvalue weighted by atomic mass is 9.98. The van der Waals surface area contributed by atoms with E-state index in [-0.39, 0.29) is 19.1 Å². The molecule has 5 nitrogen and oxygen atoms in total. The average Bonchev–Trinajstić information content (AvgIpc) is 2.59. The fraction of sp³-hybridized carbons (Fsp3) is 0.556. The Hall–Kier alpha value is -2.04. The minimum atomic E-state index is -0.828. The van der Waals surface area contributed by atoms with Crippen LogP contribution >= 0.6 is 0 Å². The summed E-state index contributed by atoms with van der Waals surface area (Å²) in [6, 6.07) is 7.77. The molecule has 23 heavy (non-hydrogen) atoms. The van der Waals surface area contributed by atoms with Gasteiger partial charge < -0.3 is 14.7 Å². The molecule has 0 aromatic heterocycles. The molecule has 0 bridgehead atoms. The highest BCUT2D eigenvalue weighted by Gasteiger charge is 2.28. The molecule has 5 heteroatoms. The third-order valence-corrected chi connectivity index (χ3v) is 4.54. The van der Waals surface area contributed by atoms with E-state index in [9.17, 15) is 9.59 Å². The molecule has 126 valence electrons. The predicted molar refractivity (Wildman–Crippen MR) is 87.6 cm³/mol. The van der Waals surface area contributed by atoms with Crippen LogP contribution in [0.3, 0.4) is 0 Å². The summed E-state index contributed by atoms with van der Waals surface area (Å²) in [5.41, 5.74) is 1.10. The van der Waals surface area contributed by atoms with Crippen molar-refractivity contribution in [3.05, 3.63) is 29.8 Å². The van der Waals surface area contributed by atoms with E-state index in [1.165, 1.54) is 0 Å². The first-order chi connectivity index (χ1) is 11.0. The molecule has 2 atom stereocenters. The van der Waals surface area contributed by atoms with Crippen molar-refractivity contribution in [2.45, 2.75) is 39.0 Å².